The van der Waals surface area contributed by atoms with Crippen LogP contribution in [0.5, 0.6) is 5.75 Å². The average Bonchev–Trinajstić information content (AvgIpc) is 3.13. The summed E-state index contributed by atoms with van der Waals surface area (Å²) >= 11 is 0. The molecule has 0 fully saturated rings. The second kappa shape index (κ2) is 7.36. The first kappa shape index (κ1) is 15.7. The lowest BCUT2D eigenvalue weighted by atomic mass is 10.2. The van der Waals surface area contributed by atoms with E-state index in [-0.39, 0.29) is 18.3 Å². The van der Waals surface area contributed by atoms with Gasteiger partial charge in [0.25, 0.3) is 5.91 Å². The van der Waals surface area contributed by atoms with Crippen molar-refractivity contribution in [1.29, 1.82) is 0 Å². The zero-order chi connectivity index (χ0) is 16.8. The monoisotopic (exact) mass is 326 g/mol. The van der Waals surface area contributed by atoms with Gasteiger partial charge in [0.1, 0.15) is 30.3 Å². The van der Waals surface area contributed by atoms with Gasteiger partial charge >= 0.3 is 0 Å². The molecule has 122 valence electrons. The van der Waals surface area contributed by atoms with Crippen molar-refractivity contribution in [3.8, 4) is 11.6 Å². The quantitative estimate of drug-likeness (QED) is 0.705. The van der Waals surface area contributed by atoms with E-state index in [1.807, 2.05) is 0 Å². The molecule has 2 aromatic heterocycles. The number of imidazole rings is 1. The summed E-state index contributed by atoms with van der Waals surface area (Å²) in [5.41, 5.74) is 0.486. The Kier molecular flexibility index (Phi) is 4.81. The Hall–Kier alpha value is -3.22. The van der Waals surface area contributed by atoms with Crippen LogP contribution in [0.15, 0.2) is 61.3 Å². The van der Waals surface area contributed by atoms with E-state index < -0.39 is 0 Å². The van der Waals surface area contributed by atoms with Crippen LogP contribution in [0.3, 0.4) is 0 Å². The van der Waals surface area contributed by atoms with Crippen molar-refractivity contribution in [2.45, 2.75) is 0 Å². The molecule has 2 heterocycles. The van der Waals surface area contributed by atoms with Gasteiger partial charge in [-0.3, -0.25) is 9.36 Å². The molecule has 1 amide bonds. The molecule has 3 aromatic rings. The first-order valence-electron chi connectivity index (χ1n) is 7.33. The van der Waals surface area contributed by atoms with Gasteiger partial charge in [-0.1, -0.05) is 6.07 Å². The third-order valence-electron chi connectivity index (χ3n) is 3.23. The van der Waals surface area contributed by atoms with E-state index in [0.717, 1.165) is 0 Å². The largest absolute Gasteiger partial charge is 0.492 e. The van der Waals surface area contributed by atoms with Gasteiger partial charge in [-0.15, -0.1) is 0 Å². The van der Waals surface area contributed by atoms with Gasteiger partial charge in [0.05, 0.1) is 6.54 Å². The summed E-state index contributed by atoms with van der Waals surface area (Å²) in [4.78, 5) is 20.3. The summed E-state index contributed by atoms with van der Waals surface area (Å²) in [6.45, 7) is 0.548. The Labute approximate surface area is 137 Å². The lowest BCUT2D eigenvalue weighted by molar-refractivity contribution is 0.0947. The van der Waals surface area contributed by atoms with Gasteiger partial charge in [-0.2, -0.15) is 0 Å². The summed E-state index contributed by atoms with van der Waals surface area (Å²) < 4.78 is 20.1. The smallest absolute Gasteiger partial charge is 0.251 e. The lowest BCUT2D eigenvalue weighted by Crippen LogP contribution is -2.28. The fraction of sp³-hybridized carbons (Fsp3) is 0.118. The van der Waals surface area contributed by atoms with E-state index in [1.165, 1.54) is 12.1 Å². The van der Waals surface area contributed by atoms with Crippen molar-refractivity contribution in [3.05, 3.63) is 72.7 Å². The van der Waals surface area contributed by atoms with Crippen LogP contribution < -0.4 is 10.1 Å². The van der Waals surface area contributed by atoms with Gasteiger partial charge < -0.3 is 10.1 Å². The van der Waals surface area contributed by atoms with Gasteiger partial charge in [0.15, 0.2) is 0 Å². The predicted molar refractivity (Wildman–Crippen MR) is 85.6 cm³/mol. The van der Waals surface area contributed by atoms with Crippen molar-refractivity contribution < 1.29 is 13.9 Å². The van der Waals surface area contributed by atoms with Crippen molar-refractivity contribution in [3.63, 3.8) is 0 Å². The summed E-state index contributed by atoms with van der Waals surface area (Å²) in [6.07, 6.45) is 6.55. The number of carbonyl (C=O) groups is 1. The molecule has 0 aliphatic carbocycles. The first-order valence-corrected chi connectivity index (χ1v) is 7.33. The van der Waals surface area contributed by atoms with Crippen molar-refractivity contribution in [2.75, 3.05) is 13.2 Å². The number of ether oxygens (including phenoxy) is 1. The van der Waals surface area contributed by atoms with Crippen molar-refractivity contribution >= 4 is 5.91 Å². The number of pyridine rings is 1. The normalized spacial score (nSPS) is 10.4. The number of hydrogen-bond donors (Lipinski definition) is 1. The Morgan fingerprint density at radius 1 is 1.25 bits per heavy atom. The number of rotatable bonds is 6. The highest BCUT2D eigenvalue weighted by molar-refractivity contribution is 5.94. The highest BCUT2D eigenvalue weighted by Gasteiger charge is 2.07. The maximum atomic E-state index is 13.0. The van der Waals surface area contributed by atoms with Crippen LogP contribution >= 0.6 is 0 Å². The van der Waals surface area contributed by atoms with Crippen LogP contribution in [0.25, 0.3) is 5.82 Å². The number of benzene rings is 1. The maximum Gasteiger partial charge on any atom is 0.251 e. The molecule has 0 aliphatic rings. The fourth-order valence-electron chi connectivity index (χ4n) is 2.09. The molecular formula is C17H15FN4O2. The highest BCUT2D eigenvalue weighted by Crippen LogP contribution is 2.11. The van der Waals surface area contributed by atoms with E-state index in [4.69, 9.17) is 4.74 Å². The zero-order valence-electron chi connectivity index (χ0n) is 12.7. The van der Waals surface area contributed by atoms with Crippen LogP contribution in [0.1, 0.15) is 10.4 Å². The van der Waals surface area contributed by atoms with Crippen molar-refractivity contribution in [1.82, 2.24) is 19.9 Å². The number of carbonyl (C=O) groups excluding carboxylic acids is 1. The molecule has 0 aliphatic heterocycles. The average molecular weight is 326 g/mol. The molecule has 0 saturated heterocycles. The topological polar surface area (TPSA) is 69.0 Å². The number of hydrogen-bond acceptors (Lipinski definition) is 4. The Morgan fingerprint density at radius 2 is 2.17 bits per heavy atom. The molecule has 1 aromatic carbocycles. The molecule has 7 heteroatoms. The summed E-state index contributed by atoms with van der Waals surface area (Å²) in [7, 11) is 0. The summed E-state index contributed by atoms with van der Waals surface area (Å²) in [6, 6.07) is 9.16. The zero-order valence-corrected chi connectivity index (χ0v) is 12.7. The summed E-state index contributed by atoms with van der Waals surface area (Å²) in [5, 5.41) is 2.75. The number of nitrogens with zero attached hydrogens (tertiary/aromatic N) is 3. The molecule has 0 spiro atoms. The minimum absolute atomic E-state index is 0.235. The van der Waals surface area contributed by atoms with E-state index in [1.54, 1.807) is 53.8 Å². The van der Waals surface area contributed by atoms with E-state index in [9.17, 15) is 9.18 Å². The second-order valence-corrected chi connectivity index (χ2v) is 4.93. The maximum absolute atomic E-state index is 13.0. The number of aromatic nitrogens is 3. The third kappa shape index (κ3) is 3.95. The van der Waals surface area contributed by atoms with Gasteiger partial charge in [-0.05, 0) is 24.3 Å². The predicted octanol–water partition coefficient (Wildman–Crippen LogP) is 2.22. The van der Waals surface area contributed by atoms with Crippen LogP contribution in [-0.2, 0) is 0 Å². The third-order valence-corrected chi connectivity index (χ3v) is 3.23. The van der Waals surface area contributed by atoms with Crippen LogP contribution in [0, 0.1) is 5.82 Å². The molecule has 0 bridgehead atoms. The molecule has 0 unspecified atom stereocenters. The van der Waals surface area contributed by atoms with Crippen molar-refractivity contribution in [2.24, 2.45) is 0 Å². The standard InChI is InChI=1S/C17H15FN4O2/c18-14-2-1-3-15(11-14)24-9-7-21-17(23)13-4-5-20-16(10-13)22-8-6-19-12-22/h1-6,8,10-12H,7,9H2,(H,21,23). The minimum Gasteiger partial charge on any atom is -0.492 e. The summed E-state index contributed by atoms with van der Waals surface area (Å²) in [5.74, 6) is 0.439. The highest BCUT2D eigenvalue weighted by atomic mass is 19.1. The van der Waals surface area contributed by atoms with E-state index >= 15 is 0 Å². The molecule has 0 atom stereocenters. The minimum atomic E-state index is -0.361. The van der Waals surface area contributed by atoms with Crippen LogP contribution in [0.2, 0.25) is 0 Å². The molecule has 1 N–H and O–H groups in total. The van der Waals surface area contributed by atoms with Crippen LogP contribution in [-0.4, -0.2) is 33.6 Å². The lowest BCUT2D eigenvalue weighted by Gasteiger charge is -2.08. The Bertz CT molecular complexity index is 821. The molecule has 6 nitrogen and oxygen atoms in total. The van der Waals surface area contributed by atoms with E-state index in [2.05, 4.69) is 15.3 Å². The first-order chi connectivity index (χ1) is 11.7. The molecule has 3 rings (SSSR count). The fourth-order valence-corrected chi connectivity index (χ4v) is 2.09. The molecular weight excluding hydrogens is 311 g/mol. The molecule has 0 radical (unpaired) electrons. The number of amides is 1. The Balaban J connectivity index is 1.53. The van der Waals surface area contributed by atoms with Crippen LogP contribution in [0.4, 0.5) is 4.39 Å². The Morgan fingerprint density at radius 3 is 2.96 bits per heavy atom. The molecule has 0 saturated carbocycles. The second-order valence-electron chi connectivity index (χ2n) is 4.93. The van der Waals surface area contributed by atoms with Gasteiger partial charge in [0.2, 0.25) is 0 Å². The number of halogens is 1. The van der Waals surface area contributed by atoms with Gasteiger partial charge in [0, 0.05) is 30.2 Å². The number of nitrogens with one attached hydrogen (secondary N) is 1. The van der Waals surface area contributed by atoms with Gasteiger partial charge in [-0.25, -0.2) is 14.4 Å². The SMILES string of the molecule is O=C(NCCOc1cccc(F)c1)c1ccnc(-n2ccnc2)c1. The molecule has 24 heavy (non-hydrogen) atoms. The van der Waals surface area contributed by atoms with E-state index in [0.29, 0.717) is 23.7 Å².